The van der Waals surface area contributed by atoms with Gasteiger partial charge in [0.15, 0.2) is 10.8 Å². The van der Waals surface area contributed by atoms with Crippen LogP contribution in [0.3, 0.4) is 0 Å². The van der Waals surface area contributed by atoms with Crippen molar-refractivity contribution in [3.63, 3.8) is 0 Å². The van der Waals surface area contributed by atoms with Gasteiger partial charge < -0.3 is 4.90 Å². The molecule has 0 aliphatic carbocycles. The van der Waals surface area contributed by atoms with Crippen LogP contribution in [0.4, 0.5) is 30.2 Å². The Morgan fingerprint density at radius 1 is 1.14 bits per heavy atom. The van der Waals surface area contributed by atoms with Crippen molar-refractivity contribution in [3.05, 3.63) is 65.0 Å². The van der Waals surface area contributed by atoms with Crippen molar-refractivity contribution in [2.24, 2.45) is 0 Å². The molecule has 0 aromatic heterocycles. The molecule has 1 saturated heterocycles. The molecule has 8 heteroatoms. The Labute approximate surface area is 172 Å². The van der Waals surface area contributed by atoms with Crippen molar-refractivity contribution in [2.75, 3.05) is 9.80 Å². The standard InChI is InChI=1S/C21H18F3N3OS/c1-4-5-18-19(28)27(20(29)26(18)14-8-6-13(2)7-9-14)15-10-11-17(25-3)16(12-15)21(22,23)24/h6-12,18H,4-5H2,1-2H3. The quantitative estimate of drug-likeness (QED) is 0.460. The van der Waals surface area contributed by atoms with E-state index in [0.717, 1.165) is 22.6 Å². The smallest absolute Gasteiger partial charge is 0.306 e. The number of halogens is 3. The lowest BCUT2D eigenvalue weighted by Crippen LogP contribution is -2.35. The van der Waals surface area contributed by atoms with E-state index in [1.54, 1.807) is 4.90 Å². The predicted octanol–water partition coefficient (Wildman–Crippen LogP) is 5.87. The maximum atomic E-state index is 13.4. The number of carbonyl (C=O) groups is 1. The van der Waals surface area contributed by atoms with Crippen molar-refractivity contribution in [1.82, 2.24) is 0 Å². The Hall–Kier alpha value is -2.92. The van der Waals surface area contributed by atoms with Crippen molar-refractivity contribution in [1.29, 1.82) is 0 Å². The number of aryl methyl sites for hydroxylation is 1. The number of carbonyl (C=O) groups excluding carboxylic acids is 1. The summed E-state index contributed by atoms with van der Waals surface area (Å²) < 4.78 is 40.2. The first-order valence-electron chi connectivity index (χ1n) is 9.01. The lowest BCUT2D eigenvalue weighted by Gasteiger charge is -2.24. The van der Waals surface area contributed by atoms with Gasteiger partial charge in [0.05, 0.1) is 12.1 Å². The van der Waals surface area contributed by atoms with Gasteiger partial charge in [0.2, 0.25) is 0 Å². The van der Waals surface area contributed by atoms with Gasteiger partial charge in [0.1, 0.15) is 6.04 Å². The molecule has 1 atom stereocenters. The van der Waals surface area contributed by atoms with Crippen LogP contribution in [0.2, 0.25) is 0 Å². The van der Waals surface area contributed by atoms with Crippen LogP contribution in [0, 0.1) is 13.5 Å². The minimum Gasteiger partial charge on any atom is -0.306 e. The van der Waals surface area contributed by atoms with Crippen LogP contribution in [-0.2, 0) is 11.0 Å². The van der Waals surface area contributed by atoms with Crippen LogP contribution >= 0.6 is 12.2 Å². The number of benzene rings is 2. The number of nitrogens with zero attached hydrogens (tertiary/aromatic N) is 3. The second-order valence-electron chi connectivity index (χ2n) is 6.78. The number of amides is 1. The van der Waals surface area contributed by atoms with E-state index in [1.165, 1.54) is 6.07 Å². The summed E-state index contributed by atoms with van der Waals surface area (Å²) in [5.41, 5.74) is 0.165. The number of hydrogen-bond donors (Lipinski definition) is 0. The average Bonchev–Trinajstić information content (AvgIpc) is 2.92. The fraction of sp³-hybridized carbons (Fsp3) is 0.286. The molecule has 1 aliphatic rings. The summed E-state index contributed by atoms with van der Waals surface area (Å²) in [4.78, 5) is 18.9. The maximum absolute atomic E-state index is 13.4. The zero-order valence-corrected chi connectivity index (χ0v) is 16.6. The summed E-state index contributed by atoms with van der Waals surface area (Å²) in [5, 5.41) is 0.126. The normalized spacial score (nSPS) is 17.0. The number of anilines is 2. The molecule has 1 unspecified atom stereocenters. The Balaban J connectivity index is 2.09. The van der Waals surface area contributed by atoms with Gasteiger partial charge in [-0.1, -0.05) is 37.1 Å². The molecular formula is C21H18F3N3OS. The molecule has 0 N–H and O–H groups in total. The molecule has 3 rings (SSSR count). The molecule has 1 amide bonds. The molecule has 1 aliphatic heterocycles. The molecule has 29 heavy (non-hydrogen) atoms. The Morgan fingerprint density at radius 2 is 1.76 bits per heavy atom. The van der Waals surface area contributed by atoms with Crippen LogP contribution in [0.15, 0.2) is 42.5 Å². The van der Waals surface area contributed by atoms with E-state index in [-0.39, 0.29) is 16.7 Å². The molecule has 2 aromatic rings. The molecule has 150 valence electrons. The zero-order chi connectivity index (χ0) is 21.3. The molecular weight excluding hydrogens is 399 g/mol. The number of rotatable bonds is 4. The lowest BCUT2D eigenvalue weighted by molar-refractivity contribution is -0.136. The largest absolute Gasteiger partial charge is 0.407 e. The van der Waals surface area contributed by atoms with E-state index in [2.05, 4.69) is 4.85 Å². The average molecular weight is 417 g/mol. The molecule has 2 aromatic carbocycles. The van der Waals surface area contributed by atoms with E-state index >= 15 is 0 Å². The molecule has 0 radical (unpaired) electrons. The number of thiocarbonyl (C=S) groups is 1. The van der Waals surface area contributed by atoms with Crippen molar-refractivity contribution < 1.29 is 18.0 Å². The summed E-state index contributed by atoms with van der Waals surface area (Å²) in [5.74, 6) is -0.374. The highest BCUT2D eigenvalue weighted by molar-refractivity contribution is 7.81. The van der Waals surface area contributed by atoms with Crippen molar-refractivity contribution in [3.8, 4) is 0 Å². The highest BCUT2D eigenvalue weighted by Crippen LogP contribution is 2.40. The summed E-state index contributed by atoms with van der Waals surface area (Å²) in [7, 11) is 0. The fourth-order valence-corrected chi connectivity index (χ4v) is 3.77. The molecule has 1 fully saturated rings. The maximum Gasteiger partial charge on any atom is 0.407 e. The van der Waals surface area contributed by atoms with Gasteiger partial charge in [-0.05, 0) is 49.8 Å². The molecule has 0 spiro atoms. The third-order valence-corrected chi connectivity index (χ3v) is 5.13. The minimum absolute atomic E-state index is 0.00967. The summed E-state index contributed by atoms with van der Waals surface area (Å²) >= 11 is 5.51. The Bertz CT molecular complexity index is 996. The van der Waals surface area contributed by atoms with Gasteiger partial charge in [0, 0.05) is 11.4 Å². The Kier molecular flexibility index (Phi) is 5.62. The van der Waals surface area contributed by atoms with Crippen LogP contribution in [0.25, 0.3) is 4.85 Å². The zero-order valence-electron chi connectivity index (χ0n) is 15.8. The highest BCUT2D eigenvalue weighted by Gasteiger charge is 2.44. The molecule has 4 nitrogen and oxygen atoms in total. The Morgan fingerprint density at radius 3 is 2.31 bits per heavy atom. The topological polar surface area (TPSA) is 27.9 Å². The number of hydrogen-bond acceptors (Lipinski definition) is 2. The van der Waals surface area contributed by atoms with Gasteiger partial charge in [0.25, 0.3) is 5.91 Å². The van der Waals surface area contributed by atoms with Gasteiger partial charge >= 0.3 is 6.18 Å². The lowest BCUT2D eigenvalue weighted by atomic mass is 10.1. The van der Waals surface area contributed by atoms with E-state index in [1.807, 2.05) is 38.1 Å². The summed E-state index contributed by atoms with van der Waals surface area (Å²) in [6.07, 6.45) is -3.49. The van der Waals surface area contributed by atoms with E-state index < -0.39 is 23.5 Å². The third kappa shape index (κ3) is 3.83. The van der Waals surface area contributed by atoms with Crippen molar-refractivity contribution >= 4 is 40.3 Å². The first-order valence-corrected chi connectivity index (χ1v) is 9.42. The molecule has 0 saturated carbocycles. The van der Waals surface area contributed by atoms with Gasteiger partial charge in [-0.25, -0.2) is 4.85 Å². The first kappa shape index (κ1) is 20.8. The van der Waals surface area contributed by atoms with Gasteiger partial charge in [-0.2, -0.15) is 13.2 Å². The monoisotopic (exact) mass is 417 g/mol. The summed E-state index contributed by atoms with van der Waals surface area (Å²) in [6.45, 7) is 10.8. The number of alkyl halides is 3. The van der Waals surface area contributed by atoms with E-state index in [9.17, 15) is 18.0 Å². The molecule has 0 bridgehead atoms. The second-order valence-corrected chi connectivity index (χ2v) is 7.14. The van der Waals surface area contributed by atoms with Crippen LogP contribution in [0.1, 0.15) is 30.9 Å². The fourth-order valence-electron chi connectivity index (χ4n) is 3.34. The van der Waals surface area contributed by atoms with Gasteiger partial charge in [-0.15, -0.1) is 0 Å². The van der Waals surface area contributed by atoms with E-state index in [0.29, 0.717) is 18.5 Å². The second kappa shape index (κ2) is 7.84. The minimum atomic E-state index is -4.71. The summed E-state index contributed by atoms with van der Waals surface area (Å²) in [6, 6.07) is 10.1. The van der Waals surface area contributed by atoms with Gasteiger partial charge in [-0.3, -0.25) is 9.69 Å². The highest BCUT2D eigenvalue weighted by atomic mass is 32.1. The van der Waals surface area contributed by atoms with E-state index in [4.69, 9.17) is 18.8 Å². The third-order valence-electron chi connectivity index (χ3n) is 4.75. The molecule has 1 heterocycles. The van der Waals surface area contributed by atoms with Crippen LogP contribution in [-0.4, -0.2) is 17.1 Å². The SMILES string of the molecule is [C-]#[N+]c1ccc(N2C(=O)C(CCC)N(c3ccc(C)cc3)C2=S)cc1C(F)(F)F. The van der Waals surface area contributed by atoms with Crippen LogP contribution < -0.4 is 9.80 Å². The first-order chi connectivity index (χ1) is 13.7. The predicted molar refractivity (Wildman–Crippen MR) is 110 cm³/mol. The van der Waals surface area contributed by atoms with Crippen LogP contribution in [0.5, 0.6) is 0 Å². The van der Waals surface area contributed by atoms with Crippen molar-refractivity contribution in [2.45, 2.75) is 38.9 Å².